The smallest absolute Gasteiger partial charge is 0.308 e. The molecule has 0 aliphatic heterocycles. The molecule has 8 aromatic rings. The van der Waals surface area contributed by atoms with E-state index in [1.165, 1.54) is 43.3 Å². The van der Waals surface area contributed by atoms with Crippen LogP contribution in [0.3, 0.4) is 0 Å². The van der Waals surface area contributed by atoms with Gasteiger partial charge in [0.25, 0.3) is 0 Å². The van der Waals surface area contributed by atoms with Crippen LogP contribution < -0.4 is 0 Å². The van der Waals surface area contributed by atoms with Crippen molar-refractivity contribution in [2.75, 3.05) is 0 Å². The number of para-hydroxylation sites is 2. The van der Waals surface area contributed by atoms with Gasteiger partial charge in [-0.1, -0.05) is 48.5 Å². The Morgan fingerprint density at radius 1 is 0.491 bits per heavy atom. The maximum atomic E-state index is 14.6. The number of hydrogen-bond donors (Lipinski definition) is 0. The van der Waals surface area contributed by atoms with Crippen LogP contribution in [0.25, 0.3) is 71.0 Å². The molecule has 0 aliphatic rings. The third-order valence-electron chi connectivity index (χ3n) is 9.54. The van der Waals surface area contributed by atoms with Gasteiger partial charge in [0.1, 0.15) is 0 Å². The number of fused-ring (bicyclic) bond motifs is 6. The Hall–Kier alpha value is -6.22. The van der Waals surface area contributed by atoms with Gasteiger partial charge >= 0.3 is 18.5 Å². The molecule has 0 aliphatic carbocycles. The Balaban J connectivity index is 1.58. The standard InChI is InChI=1S/C41H22F9N3/c1-22-8-7-11-30(41(48,49)50)38(22)29-20-36(52-32-12-5-3-9-25(32)27-18-23(39(42,43)44)14-16-34(27)52)37(21-31(29)51-2)53-33-13-6-4-10-26(33)28-19-24(40(45,46)47)15-17-35(28)53/h3-21H,1H3. The summed E-state index contributed by atoms with van der Waals surface area (Å²) >= 11 is 0. The number of alkyl halides is 9. The zero-order valence-corrected chi connectivity index (χ0v) is 27.2. The molecule has 0 spiro atoms. The minimum atomic E-state index is -4.82. The number of nitrogens with zero attached hydrogens (tertiary/aromatic N) is 3. The summed E-state index contributed by atoms with van der Waals surface area (Å²) < 4.78 is 131. The minimum absolute atomic E-state index is 0.0813. The van der Waals surface area contributed by atoms with E-state index in [-0.39, 0.29) is 50.0 Å². The molecule has 0 fully saturated rings. The van der Waals surface area contributed by atoms with Crippen LogP contribution in [0, 0.1) is 13.5 Å². The van der Waals surface area contributed by atoms with E-state index >= 15 is 0 Å². The van der Waals surface area contributed by atoms with Gasteiger partial charge in [-0.2, -0.15) is 39.5 Å². The number of aromatic nitrogens is 2. The van der Waals surface area contributed by atoms with Crippen molar-refractivity contribution in [1.29, 1.82) is 0 Å². The molecule has 2 heterocycles. The summed E-state index contributed by atoms with van der Waals surface area (Å²) in [6.07, 6.45) is -14.2. The lowest BCUT2D eigenvalue weighted by Crippen LogP contribution is -2.09. The molecular formula is C41H22F9N3. The van der Waals surface area contributed by atoms with Crippen molar-refractivity contribution in [2.24, 2.45) is 0 Å². The number of aryl methyl sites for hydroxylation is 1. The van der Waals surface area contributed by atoms with E-state index in [0.29, 0.717) is 27.3 Å². The lowest BCUT2D eigenvalue weighted by Gasteiger charge is -2.22. The molecule has 0 saturated heterocycles. The number of hydrogen-bond acceptors (Lipinski definition) is 0. The molecule has 3 nitrogen and oxygen atoms in total. The molecule has 6 aromatic carbocycles. The van der Waals surface area contributed by atoms with Gasteiger partial charge in [0.15, 0.2) is 5.69 Å². The second-order valence-corrected chi connectivity index (χ2v) is 12.6. The zero-order chi connectivity index (χ0) is 37.6. The van der Waals surface area contributed by atoms with Crippen LogP contribution in [-0.4, -0.2) is 9.13 Å². The summed E-state index contributed by atoms with van der Waals surface area (Å²) in [6, 6.07) is 26.1. The Labute approximate surface area is 294 Å². The highest BCUT2D eigenvalue weighted by molar-refractivity contribution is 6.12. The predicted molar refractivity (Wildman–Crippen MR) is 187 cm³/mol. The fourth-order valence-corrected chi connectivity index (χ4v) is 7.30. The Morgan fingerprint density at radius 2 is 0.962 bits per heavy atom. The lowest BCUT2D eigenvalue weighted by molar-refractivity contribution is -0.138. The quantitative estimate of drug-likeness (QED) is 0.127. The molecule has 53 heavy (non-hydrogen) atoms. The summed E-state index contributed by atoms with van der Waals surface area (Å²) in [5.41, 5.74) is -1.29. The van der Waals surface area contributed by atoms with Gasteiger partial charge < -0.3 is 9.13 Å². The fraction of sp³-hybridized carbons (Fsp3) is 0.0976. The first-order valence-electron chi connectivity index (χ1n) is 16.0. The molecule has 8 rings (SSSR count). The third kappa shape index (κ3) is 5.37. The van der Waals surface area contributed by atoms with Crippen molar-refractivity contribution in [3.05, 3.63) is 149 Å². The Bertz CT molecular complexity index is 2830. The van der Waals surface area contributed by atoms with E-state index in [1.54, 1.807) is 57.7 Å². The van der Waals surface area contributed by atoms with Gasteiger partial charge in [0.05, 0.1) is 56.7 Å². The maximum Gasteiger partial charge on any atom is 0.416 e. The molecular weight excluding hydrogens is 705 g/mol. The van der Waals surface area contributed by atoms with Gasteiger partial charge in [-0.15, -0.1) is 0 Å². The average Bonchev–Trinajstić information content (AvgIpc) is 3.62. The Morgan fingerprint density at radius 3 is 1.43 bits per heavy atom. The van der Waals surface area contributed by atoms with Gasteiger partial charge in [-0.25, -0.2) is 4.85 Å². The first-order chi connectivity index (χ1) is 25.1. The highest BCUT2D eigenvalue weighted by Crippen LogP contribution is 2.47. The van der Waals surface area contributed by atoms with Gasteiger partial charge in [0.2, 0.25) is 0 Å². The van der Waals surface area contributed by atoms with Gasteiger partial charge in [-0.3, -0.25) is 0 Å². The first-order valence-corrected chi connectivity index (χ1v) is 16.0. The Kier molecular flexibility index (Phi) is 7.45. The first kappa shape index (κ1) is 33.9. The van der Waals surface area contributed by atoms with Crippen LogP contribution >= 0.6 is 0 Å². The van der Waals surface area contributed by atoms with E-state index < -0.39 is 35.2 Å². The zero-order valence-electron chi connectivity index (χ0n) is 27.2. The third-order valence-corrected chi connectivity index (χ3v) is 9.54. The normalized spacial score (nSPS) is 12.7. The van der Waals surface area contributed by atoms with Crippen LogP contribution in [-0.2, 0) is 18.5 Å². The maximum absolute atomic E-state index is 14.6. The van der Waals surface area contributed by atoms with E-state index in [1.807, 2.05) is 0 Å². The molecule has 0 N–H and O–H groups in total. The summed E-state index contributed by atoms with van der Waals surface area (Å²) in [5, 5.41) is 1.29. The molecule has 0 amide bonds. The summed E-state index contributed by atoms with van der Waals surface area (Å²) in [7, 11) is 0. The van der Waals surface area contributed by atoms with E-state index in [9.17, 15) is 39.5 Å². The highest BCUT2D eigenvalue weighted by Gasteiger charge is 2.36. The van der Waals surface area contributed by atoms with Crippen molar-refractivity contribution < 1.29 is 39.5 Å². The molecule has 0 radical (unpaired) electrons. The second-order valence-electron chi connectivity index (χ2n) is 12.6. The number of halogens is 9. The fourth-order valence-electron chi connectivity index (χ4n) is 7.30. The summed E-state index contributed by atoms with van der Waals surface area (Å²) in [6.45, 7) is 9.64. The highest BCUT2D eigenvalue weighted by atomic mass is 19.4. The molecule has 264 valence electrons. The van der Waals surface area contributed by atoms with Crippen LogP contribution in [0.2, 0.25) is 0 Å². The van der Waals surface area contributed by atoms with Crippen molar-refractivity contribution in [2.45, 2.75) is 25.5 Å². The number of rotatable bonds is 3. The molecule has 0 unspecified atom stereocenters. The summed E-state index contributed by atoms with van der Waals surface area (Å²) in [5.74, 6) is 0. The SMILES string of the molecule is [C-]#[N+]c1cc(-n2c3ccccc3c3cc(C(F)(F)F)ccc32)c(-n2c3ccccc3c3cc(C(F)(F)F)ccc32)cc1-c1c(C)cccc1C(F)(F)F. The van der Waals surface area contributed by atoms with Crippen molar-refractivity contribution >= 4 is 49.3 Å². The monoisotopic (exact) mass is 727 g/mol. The molecule has 0 atom stereocenters. The molecule has 0 saturated carbocycles. The predicted octanol–water partition coefficient (Wildman–Crippen LogP) is 13.5. The van der Waals surface area contributed by atoms with E-state index in [2.05, 4.69) is 4.85 Å². The van der Waals surface area contributed by atoms with Gasteiger partial charge in [-0.05, 0) is 90.3 Å². The van der Waals surface area contributed by atoms with E-state index in [4.69, 9.17) is 6.57 Å². The van der Waals surface area contributed by atoms with Crippen LogP contribution in [0.5, 0.6) is 0 Å². The van der Waals surface area contributed by atoms with Crippen molar-refractivity contribution in [1.82, 2.24) is 9.13 Å². The molecule has 0 bridgehead atoms. The van der Waals surface area contributed by atoms with Crippen molar-refractivity contribution in [3.8, 4) is 22.5 Å². The molecule has 12 heteroatoms. The largest absolute Gasteiger partial charge is 0.416 e. The minimum Gasteiger partial charge on any atom is -0.308 e. The van der Waals surface area contributed by atoms with Gasteiger partial charge in [0, 0.05) is 21.5 Å². The van der Waals surface area contributed by atoms with E-state index in [0.717, 1.165) is 30.3 Å². The molecule has 2 aromatic heterocycles. The number of benzene rings is 6. The topological polar surface area (TPSA) is 14.2 Å². The van der Waals surface area contributed by atoms with Crippen molar-refractivity contribution in [3.63, 3.8) is 0 Å². The van der Waals surface area contributed by atoms with Crippen LogP contribution in [0.1, 0.15) is 22.3 Å². The van der Waals surface area contributed by atoms with Crippen LogP contribution in [0.15, 0.2) is 115 Å². The summed E-state index contributed by atoms with van der Waals surface area (Å²) in [4.78, 5) is 3.66. The second kappa shape index (κ2) is 11.6. The van der Waals surface area contributed by atoms with Crippen LogP contribution in [0.4, 0.5) is 45.2 Å². The average molecular weight is 728 g/mol. The lowest BCUT2D eigenvalue weighted by atomic mass is 9.92.